The van der Waals surface area contributed by atoms with Crippen LogP contribution in [0.1, 0.15) is 162 Å². The molecule has 55 heavy (non-hydrogen) atoms. The number of carbonyl (C=O) groups is 1. The monoisotopic (exact) mass is 793 g/mol. The van der Waals surface area contributed by atoms with Crippen LogP contribution >= 0.6 is 7.82 Å². The van der Waals surface area contributed by atoms with Crippen LogP contribution in [0.5, 0.6) is 0 Å². The maximum absolute atomic E-state index is 12.7. The normalized spacial score (nSPS) is 14.4. The van der Waals surface area contributed by atoms with E-state index in [4.69, 9.17) is 18.5 Å². The van der Waals surface area contributed by atoms with E-state index in [1.807, 2.05) is 27.2 Å². The third-order valence-corrected chi connectivity index (χ3v) is 9.83. The van der Waals surface area contributed by atoms with Crippen LogP contribution in [0.15, 0.2) is 73.1 Å². The number of hydrogen-bond donors (Lipinski definition) is 1. The van der Waals surface area contributed by atoms with Gasteiger partial charge in [-0.1, -0.05) is 152 Å². The average Bonchev–Trinajstić information content (AvgIpc) is 3.13. The Kier molecular flexibility index (Phi) is 37.1. The fourth-order valence-electron chi connectivity index (χ4n) is 5.48. The Bertz CT molecular complexity index is 1110. The van der Waals surface area contributed by atoms with Gasteiger partial charge in [0.2, 0.25) is 0 Å². The molecular formula is C46H83NO7P+. The number of rotatable bonds is 39. The van der Waals surface area contributed by atoms with Gasteiger partial charge in [0.05, 0.1) is 34.0 Å². The molecule has 0 bridgehead atoms. The van der Waals surface area contributed by atoms with Crippen molar-refractivity contribution in [1.82, 2.24) is 0 Å². The minimum absolute atomic E-state index is 0.0314. The molecule has 1 N–H and O–H groups in total. The van der Waals surface area contributed by atoms with Crippen molar-refractivity contribution < 1.29 is 37.3 Å². The number of nitrogens with zero attached hydrogens (tertiary/aromatic N) is 1. The molecule has 0 aliphatic rings. The predicted octanol–water partition coefficient (Wildman–Crippen LogP) is 13.1. The van der Waals surface area contributed by atoms with E-state index in [1.54, 1.807) is 6.26 Å². The molecule has 1 unspecified atom stereocenters. The molecule has 0 aliphatic carbocycles. The third kappa shape index (κ3) is 42.8. The maximum Gasteiger partial charge on any atom is 0.472 e. The van der Waals surface area contributed by atoms with Gasteiger partial charge in [0.15, 0.2) is 6.10 Å². The van der Waals surface area contributed by atoms with Crippen molar-refractivity contribution >= 4 is 13.8 Å². The molecule has 0 aromatic carbocycles. The molecule has 0 radical (unpaired) electrons. The zero-order valence-electron chi connectivity index (χ0n) is 35.9. The highest BCUT2D eigenvalue weighted by atomic mass is 31.2. The largest absolute Gasteiger partial charge is 0.498 e. The predicted molar refractivity (Wildman–Crippen MR) is 233 cm³/mol. The van der Waals surface area contributed by atoms with Crippen molar-refractivity contribution in [1.29, 1.82) is 0 Å². The third-order valence-electron chi connectivity index (χ3n) is 8.85. The Balaban J connectivity index is 4.38. The van der Waals surface area contributed by atoms with E-state index in [0.717, 1.165) is 64.2 Å². The lowest BCUT2D eigenvalue weighted by atomic mass is 10.0. The Hall–Kier alpha value is -2.22. The second-order valence-corrected chi connectivity index (χ2v) is 16.9. The zero-order chi connectivity index (χ0) is 40.6. The fraction of sp³-hybridized carbons (Fsp3) is 0.717. The molecule has 9 heteroatoms. The number of esters is 1. The number of carbonyl (C=O) groups excluding carboxylic acids is 1. The number of allylic oxidation sites excluding steroid dienone is 11. The SMILES string of the molecule is CC/C=C/C/C=C/C/C=C/C/C=C/C/C=C/CCCCCC(=O)O[C@H](CO/C=C/CCCCCCCCCCCCCC)COP(=O)(O)OCC[N+](C)(C)C. The van der Waals surface area contributed by atoms with Crippen molar-refractivity contribution in [3.8, 4) is 0 Å². The lowest BCUT2D eigenvalue weighted by molar-refractivity contribution is -0.870. The average molecular weight is 793 g/mol. The standard InChI is InChI=1S/C46H82NO7P/c1-6-8-10-12-14-16-18-20-22-23-24-25-26-27-29-31-33-35-37-39-46(48)54-45(44-53-55(49,50)52-42-40-47(3,4)5)43-51-41-38-36-34-32-30-28-21-19-17-15-13-11-9-7-2/h8,10,14,16,20,22,24-25,27,29,38,41,45H,6-7,9,11-13,15,17-19,21,23,26,28,30-37,39-40,42-44H2,1-5H3/p+1/b10-8+,16-14+,22-20+,25-24+,29-27+,41-38+/t45-/m1/s1. The van der Waals surface area contributed by atoms with E-state index < -0.39 is 13.9 Å². The molecule has 0 aliphatic heterocycles. The van der Waals surface area contributed by atoms with Crippen LogP contribution in [0.3, 0.4) is 0 Å². The number of phosphoric ester groups is 1. The Morgan fingerprint density at radius 1 is 0.600 bits per heavy atom. The molecule has 0 aromatic rings. The number of ether oxygens (including phenoxy) is 2. The second kappa shape index (κ2) is 38.6. The van der Waals surface area contributed by atoms with E-state index in [9.17, 15) is 14.3 Å². The van der Waals surface area contributed by atoms with E-state index >= 15 is 0 Å². The number of hydrogen-bond acceptors (Lipinski definition) is 6. The smallest absolute Gasteiger partial charge is 0.472 e. The number of unbranched alkanes of at least 4 members (excludes halogenated alkanes) is 15. The van der Waals surface area contributed by atoms with Crippen LogP contribution < -0.4 is 0 Å². The summed E-state index contributed by atoms with van der Waals surface area (Å²) >= 11 is 0. The summed E-state index contributed by atoms with van der Waals surface area (Å²) in [5.74, 6) is -0.369. The van der Waals surface area contributed by atoms with Crippen LogP contribution in [0.2, 0.25) is 0 Å². The minimum Gasteiger partial charge on any atom is -0.498 e. The molecule has 8 nitrogen and oxygen atoms in total. The van der Waals surface area contributed by atoms with Gasteiger partial charge in [0, 0.05) is 6.42 Å². The molecule has 0 aromatic heterocycles. The summed E-state index contributed by atoms with van der Waals surface area (Å²) in [6, 6.07) is 0. The molecule has 0 fully saturated rings. The van der Waals surface area contributed by atoms with E-state index in [2.05, 4.69) is 74.6 Å². The van der Waals surface area contributed by atoms with Crippen molar-refractivity contribution in [2.75, 3.05) is 47.5 Å². The molecule has 0 saturated carbocycles. The van der Waals surface area contributed by atoms with E-state index in [1.165, 1.54) is 70.6 Å². The first-order valence-electron chi connectivity index (χ1n) is 21.7. The summed E-state index contributed by atoms with van der Waals surface area (Å²) in [6.45, 7) is 4.76. The van der Waals surface area contributed by atoms with Crippen LogP contribution in [0.4, 0.5) is 0 Å². The van der Waals surface area contributed by atoms with Gasteiger partial charge in [-0.05, 0) is 70.3 Å². The van der Waals surface area contributed by atoms with Crippen LogP contribution in [0.25, 0.3) is 0 Å². The fourth-order valence-corrected chi connectivity index (χ4v) is 6.23. The van der Waals surface area contributed by atoms with Crippen molar-refractivity contribution in [3.63, 3.8) is 0 Å². The molecular weight excluding hydrogens is 709 g/mol. The molecule has 0 amide bonds. The van der Waals surface area contributed by atoms with Gasteiger partial charge in [0.1, 0.15) is 19.8 Å². The molecule has 2 atom stereocenters. The van der Waals surface area contributed by atoms with Crippen molar-refractivity contribution in [3.05, 3.63) is 73.1 Å². The van der Waals surface area contributed by atoms with Gasteiger partial charge in [0.25, 0.3) is 0 Å². The van der Waals surface area contributed by atoms with Gasteiger partial charge in [-0.25, -0.2) is 4.57 Å². The lowest BCUT2D eigenvalue weighted by Gasteiger charge is -2.24. The van der Waals surface area contributed by atoms with Gasteiger partial charge in [-0.2, -0.15) is 0 Å². The van der Waals surface area contributed by atoms with Crippen molar-refractivity contribution in [2.45, 2.75) is 168 Å². The molecule has 0 spiro atoms. The number of phosphoric acid groups is 1. The van der Waals surface area contributed by atoms with Crippen LogP contribution in [0, 0.1) is 0 Å². The molecule has 0 heterocycles. The zero-order valence-corrected chi connectivity index (χ0v) is 36.8. The molecule has 318 valence electrons. The van der Waals surface area contributed by atoms with Gasteiger partial charge in [-0.3, -0.25) is 13.8 Å². The Morgan fingerprint density at radius 2 is 1.07 bits per heavy atom. The summed E-state index contributed by atoms with van der Waals surface area (Å²) in [4.78, 5) is 22.8. The molecule has 0 saturated heterocycles. The minimum atomic E-state index is -4.30. The van der Waals surface area contributed by atoms with Gasteiger partial charge >= 0.3 is 13.8 Å². The van der Waals surface area contributed by atoms with Crippen LogP contribution in [-0.4, -0.2) is 69.0 Å². The van der Waals surface area contributed by atoms with Gasteiger partial charge in [-0.15, -0.1) is 0 Å². The summed E-state index contributed by atoms with van der Waals surface area (Å²) in [7, 11) is 1.60. The first-order chi connectivity index (χ1) is 26.6. The first kappa shape index (κ1) is 52.8. The van der Waals surface area contributed by atoms with Gasteiger partial charge < -0.3 is 18.9 Å². The lowest BCUT2D eigenvalue weighted by Crippen LogP contribution is -2.37. The second-order valence-electron chi connectivity index (χ2n) is 15.4. The topological polar surface area (TPSA) is 91.3 Å². The highest BCUT2D eigenvalue weighted by molar-refractivity contribution is 7.47. The van der Waals surface area contributed by atoms with Crippen molar-refractivity contribution in [2.24, 2.45) is 0 Å². The highest BCUT2D eigenvalue weighted by Gasteiger charge is 2.26. The Labute approximate surface area is 338 Å². The summed E-state index contributed by atoms with van der Waals surface area (Å²) in [6.07, 6.45) is 50.3. The molecule has 0 rings (SSSR count). The number of quaternary nitrogens is 1. The number of likely N-dealkylation sites (N-methyl/N-ethyl adjacent to an activating group) is 1. The van der Waals surface area contributed by atoms with Crippen LogP contribution in [-0.2, 0) is 27.9 Å². The van der Waals surface area contributed by atoms with E-state index in [0.29, 0.717) is 17.4 Å². The summed E-state index contributed by atoms with van der Waals surface area (Å²) < 4.78 is 34.7. The van der Waals surface area contributed by atoms with E-state index in [-0.39, 0.29) is 32.2 Å². The first-order valence-corrected chi connectivity index (χ1v) is 23.2. The highest BCUT2D eigenvalue weighted by Crippen LogP contribution is 2.43. The quantitative estimate of drug-likeness (QED) is 0.0165. The maximum atomic E-state index is 12.7. The summed E-state index contributed by atoms with van der Waals surface area (Å²) in [5, 5.41) is 0. The summed E-state index contributed by atoms with van der Waals surface area (Å²) in [5.41, 5.74) is 0. The Morgan fingerprint density at radius 3 is 1.60 bits per heavy atom.